The fraction of sp³-hybridized carbons (Fsp3) is 0.519. The number of amides is 1. The van der Waals surface area contributed by atoms with E-state index in [1.54, 1.807) is 38.5 Å². The van der Waals surface area contributed by atoms with Gasteiger partial charge in [-0.05, 0) is 54.7 Å². The number of methoxy groups -OCH3 is 2. The van der Waals surface area contributed by atoms with Crippen molar-refractivity contribution in [2.75, 3.05) is 34.0 Å². The van der Waals surface area contributed by atoms with Crippen LogP contribution in [0.2, 0.25) is 0 Å². The lowest BCUT2D eigenvalue weighted by Crippen LogP contribution is -2.47. The molecule has 8 nitrogen and oxygen atoms in total. The van der Waals surface area contributed by atoms with E-state index in [1.165, 1.54) is 0 Å². The van der Waals surface area contributed by atoms with Crippen molar-refractivity contribution in [1.82, 2.24) is 5.32 Å². The number of hydrogen-bond acceptors (Lipinski definition) is 7. The zero-order valence-corrected chi connectivity index (χ0v) is 20.7. The van der Waals surface area contributed by atoms with Crippen molar-refractivity contribution in [1.29, 1.82) is 0 Å². The minimum absolute atomic E-state index is 0.120. The molecule has 2 aromatic rings. The van der Waals surface area contributed by atoms with Gasteiger partial charge in [-0.25, -0.2) is 0 Å². The molecule has 0 unspecified atom stereocenters. The Morgan fingerprint density at radius 2 is 1.77 bits per heavy atom. The molecule has 0 aromatic heterocycles. The van der Waals surface area contributed by atoms with Crippen LogP contribution in [0.4, 0.5) is 0 Å². The number of primary amides is 1. The van der Waals surface area contributed by atoms with Crippen LogP contribution in [0.15, 0.2) is 42.5 Å². The molecule has 3 rings (SSSR count). The Balaban J connectivity index is 1.40. The quantitative estimate of drug-likeness (QED) is 0.376. The van der Waals surface area contributed by atoms with Gasteiger partial charge in [0.15, 0.2) is 11.5 Å². The first-order chi connectivity index (χ1) is 17.0. The van der Waals surface area contributed by atoms with E-state index in [1.807, 2.05) is 18.2 Å². The summed E-state index contributed by atoms with van der Waals surface area (Å²) in [6.45, 7) is 1.23. The molecule has 0 heterocycles. The van der Waals surface area contributed by atoms with Gasteiger partial charge in [0.2, 0.25) is 5.91 Å². The van der Waals surface area contributed by atoms with Crippen LogP contribution in [0, 0.1) is 0 Å². The molecule has 0 saturated heterocycles. The number of aliphatic hydroxyl groups excluding tert-OH is 1. The third-order valence-corrected chi connectivity index (χ3v) is 6.23. The fourth-order valence-corrected chi connectivity index (χ4v) is 4.34. The lowest BCUT2D eigenvalue weighted by Gasteiger charge is -2.33. The Morgan fingerprint density at radius 3 is 2.49 bits per heavy atom. The van der Waals surface area contributed by atoms with Gasteiger partial charge in [0, 0.05) is 12.6 Å². The molecule has 0 bridgehead atoms. The number of aliphatic hydroxyl groups is 1. The number of carbonyl (C=O) groups excluding carboxylic acids is 1. The first-order valence-electron chi connectivity index (χ1n) is 12.2. The van der Waals surface area contributed by atoms with E-state index < -0.39 is 6.10 Å². The molecule has 8 heteroatoms. The number of ether oxygens (including phenoxy) is 4. The number of benzene rings is 2. The average Bonchev–Trinajstić information content (AvgIpc) is 2.87. The van der Waals surface area contributed by atoms with E-state index in [4.69, 9.17) is 24.7 Å². The molecule has 1 fully saturated rings. The van der Waals surface area contributed by atoms with Crippen LogP contribution >= 0.6 is 0 Å². The maximum Gasteiger partial charge on any atom is 0.221 e. The third-order valence-electron chi connectivity index (χ3n) is 6.23. The van der Waals surface area contributed by atoms with Crippen molar-refractivity contribution in [3.05, 3.63) is 53.6 Å². The summed E-state index contributed by atoms with van der Waals surface area (Å²) in [4.78, 5) is 11.0. The monoisotopic (exact) mass is 486 g/mol. The molecular formula is C27H38N2O6. The van der Waals surface area contributed by atoms with Gasteiger partial charge >= 0.3 is 0 Å². The predicted octanol–water partition coefficient (Wildman–Crippen LogP) is 2.63. The number of rotatable bonds is 14. The lowest BCUT2D eigenvalue weighted by atomic mass is 9.92. The maximum absolute atomic E-state index is 11.0. The average molecular weight is 487 g/mol. The molecule has 1 amide bonds. The summed E-state index contributed by atoms with van der Waals surface area (Å²) in [5.74, 6) is 1.72. The summed E-state index contributed by atoms with van der Waals surface area (Å²) < 4.78 is 22.6. The molecule has 1 aliphatic carbocycles. The van der Waals surface area contributed by atoms with Gasteiger partial charge in [-0.3, -0.25) is 4.79 Å². The van der Waals surface area contributed by atoms with E-state index in [2.05, 4.69) is 5.32 Å². The van der Waals surface area contributed by atoms with Crippen LogP contribution in [0.25, 0.3) is 0 Å². The van der Waals surface area contributed by atoms with E-state index in [9.17, 15) is 9.90 Å². The van der Waals surface area contributed by atoms with E-state index in [0.29, 0.717) is 18.9 Å². The minimum atomic E-state index is -0.644. The van der Waals surface area contributed by atoms with Gasteiger partial charge in [0.25, 0.3) is 0 Å². The van der Waals surface area contributed by atoms with E-state index in [0.717, 1.165) is 54.7 Å². The molecule has 0 aliphatic heterocycles. The molecule has 1 aliphatic rings. The van der Waals surface area contributed by atoms with Crippen LogP contribution < -0.4 is 25.3 Å². The predicted molar refractivity (Wildman–Crippen MR) is 134 cm³/mol. The van der Waals surface area contributed by atoms with Crippen LogP contribution in [0.5, 0.6) is 17.2 Å². The van der Waals surface area contributed by atoms with Crippen LogP contribution in [-0.2, 0) is 22.4 Å². The number of carbonyl (C=O) groups is 1. The highest BCUT2D eigenvalue weighted by Gasteiger charge is 2.26. The van der Waals surface area contributed by atoms with Crippen molar-refractivity contribution in [2.24, 2.45) is 5.73 Å². The molecule has 3 atom stereocenters. The van der Waals surface area contributed by atoms with Crippen molar-refractivity contribution in [3.8, 4) is 17.2 Å². The molecular weight excluding hydrogens is 448 g/mol. The molecule has 35 heavy (non-hydrogen) atoms. The Bertz CT molecular complexity index is 920. The maximum atomic E-state index is 11.0. The number of hydrogen-bond donors (Lipinski definition) is 3. The second-order valence-corrected chi connectivity index (χ2v) is 8.90. The standard InChI is InChI=1S/C27H38N2O6/c1-32-25-12-9-20(15-26(25)33-2)13-14-34-24-6-4-3-5-23(24)29-17-21(30)18-35-22-10-7-19(8-11-22)16-27(28)31/h7-12,15,21,23-24,29-30H,3-6,13-14,16-18H2,1-2H3,(H2,28,31)/t21-,23-,24-/m1/s1. The Labute approximate surface area is 207 Å². The second-order valence-electron chi connectivity index (χ2n) is 8.90. The SMILES string of the molecule is COc1ccc(CCO[C@@H]2CCCC[C@H]2NC[C@@H](O)COc2ccc(CC(N)=O)cc2)cc1OC. The summed E-state index contributed by atoms with van der Waals surface area (Å²) in [6, 6.07) is 13.3. The Morgan fingerprint density at radius 1 is 1.06 bits per heavy atom. The lowest BCUT2D eigenvalue weighted by molar-refractivity contribution is -0.117. The van der Waals surface area contributed by atoms with Gasteiger partial charge in [0.05, 0.1) is 33.4 Å². The summed E-state index contributed by atoms with van der Waals surface area (Å²) in [7, 11) is 3.27. The zero-order chi connectivity index (χ0) is 25.0. The summed E-state index contributed by atoms with van der Waals surface area (Å²) in [5, 5.41) is 13.9. The second kappa shape index (κ2) is 13.9. The zero-order valence-electron chi connectivity index (χ0n) is 20.7. The van der Waals surface area contributed by atoms with Crippen LogP contribution in [0.1, 0.15) is 36.8 Å². The van der Waals surface area contributed by atoms with E-state index >= 15 is 0 Å². The topological polar surface area (TPSA) is 112 Å². The first kappa shape index (κ1) is 26.8. The summed E-state index contributed by atoms with van der Waals surface area (Å²) >= 11 is 0. The number of nitrogens with two attached hydrogens (primary N) is 1. The fourth-order valence-electron chi connectivity index (χ4n) is 4.34. The highest BCUT2D eigenvalue weighted by atomic mass is 16.5. The van der Waals surface area contributed by atoms with Crippen molar-refractivity contribution >= 4 is 5.91 Å². The molecule has 0 radical (unpaired) electrons. The van der Waals surface area contributed by atoms with E-state index in [-0.39, 0.29) is 31.1 Å². The van der Waals surface area contributed by atoms with Gasteiger partial charge < -0.3 is 35.1 Å². The minimum Gasteiger partial charge on any atom is -0.493 e. The van der Waals surface area contributed by atoms with Gasteiger partial charge in [0.1, 0.15) is 18.5 Å². The Kier molecular flexibility index (Phi) is 10.7. The summed E-state index contributed by atoms with van der Waals surface area (Å²) in [6.07, 6.45) is 4.80. The molecule has 1 saturated carbocycles. The van der Waals surface area contributed by atoms with Crippen molar-refractivity contribution in [3.63, 3.8) is 0 Å². The molecule has 192 valence electrons. The molecule has 2 aromatic carbocycles. The third kappa shape index (κ3) is 8.72. The van der Waals surface area contributed by atoms with Gasteiger partial charge in [-0.15, -0.1) is 0 Å². The number of nitrogens with one attached hydrogen (secondary N) is 1. The smallest absolute Gasteiger partial charge is 0.221 e. The summed E-state index contributed by atoms with van der Waals surface area (Å²) in [5.41, 5.74) is 7.18. The van der Waals surface area contributed by atoms with Crippen molar-refractivity contribution < 1.29 is 28.8 Å². The highest BCUT2D eigenvalue weighted by molar-refractivity contribution is 5.76. The Hall–Kier alpha value is -2.81. The molecule has 4 N–H and O–H groups in total. The van der Waals surface area contributed by atoms with Gasteiger partial charge in [-0.1, -0.05) is 31.0 Å². The normalized spacial score (nSPS) is 18.6. The largest absolute Gasteiger partial charge is 0.493 e. The molecule has 0 spiro atoms. The van der Waals surface area contributed by atoms with Crippen molar-refractivity contribution in [2.45, 2.75) is 56.8 Å². The first-order valence-corrected chi connectivity index (χ1v) is 12.2. The highest BCUT2D eigenvalue weighted by Crippen LogP contribution is 2.28. The van der Waals surface area contributed by atoms with Crippen LogP contribution in [-0.4, -0.2) is 63.2 Å². The van der Waals surface area contributed by atoms with Crippen LogP contribution in [0.3, 0.4) is 0 Å². The van der Waals surface area contributed by atoms with Gasteiger partial charge in [-0.2, -0.15) is 0 Å².